The van der Waals surface area contributed by atoms with Gasteiger partial charge in [0.15, 0.2) is 11.6 Å². The Morgan fingerprint density at radius 2 is 1.97 bits per heavy atom. The van der Waals surface area contributed by atoms with Crippen molar-refractivity contribution < 1.29 is 9.47 Å². The van der Waals surface area contributed by atoms with Crippen LogP contribution in [-0.4, -0.2) is 53.2 Å². The molecule has 0 radical (unpaired) electrons. The molecule has 0 spiro atoms. The highest BCUT2D eigenvalue weighted by Crippen LogP contribution is 2.33. The van der Waals surface area contributed by atoms with Gasteiger partial charge in [-0.05, 0) is 50.1 Å². The van der Waals surface area contributed by atoms with Crippen LogP contribution in [0.3, 0.4) is 0 Å². The van der Waals surface area contributed by atoms with Crippen molar-refractivity contribution in [3.05, 3.63) is 64.6 Å². The summed E-state index contributed by atoms with van der Waals surface area (Å²) in [6, 6.07) is 8.25. The first kappa shape index (κ1) is 22.1. The Morgan fingerprint density at radius 3 is 2.68 bits per heavy atom. The van der Waals surface area contributed by atoms with E-state index >= 15 is 0 Å². The number of nitrogens with two attached hydrogens (primary N) is 1. The number of ether oxygens (including phenoxy) is 2. The predicted octanol–water partition coefficient (Wildman–Crippen LogP) is 2.62. The van der Waals surface area contributed by atoms with Crippen LogP contribution in [0.15, 0.2) is 36.7 Å². The molecule has 6 rings (SSSR count). The molecule has 0 aliphatic carbocycles. The number of hydrogen-bond donors (Lipinski definition) is 3. The second-order valence-electron chi connectivity index (χ2n) is 8.96. The van der Waals surface area contributed by atoms with Gasteiger partial charge in [-0.1, -0.05) is 0 Å². The number of fused-ring (bicyclic) bond motifs is 2. The molecule has 4 N–H and O–H groups in total. The highest BCUT2D eigenvalue weighted by molar-refractivity contribution is 6.14. The first-order valence-corrected chi connectivity index (χ1v) is 11.4. The van der Waals surface area contributed by atoms with E-state index in [-0.39, 0.29) is 5.71 Å². The van der Waals surface area contributed by atoms with Gasteiger partial charge in [0, 0.05) is 53.7 Å². The summed E-state index contributed by atoms with van der Waals surface area (Å²) >= 11 is 0. The maximum atomic E-state index is 8.83. The summed E-state index contributed by atoms with van der Waals surface area (Å²) in [5.74, 6) is 2.10. The van der Waals surface area contributed by atoms with Gasteiger partial charge in [-0.25, -0.2) is 4.98 Å². The average Bonchev–Trinajstić information content (AvgIpc) is 2.83. The van der Waals surface area contributed by atoms with Crippen molar-refractivity contribution in [3.63, 3.8) is 0 Å². The van der Waals surface area contributed by atoms with E-state index in [4.69, 9.17) is 20.6 Å². The molecule has 3 saturated heterocycles. The fourth-order valence-electron chi connectivity index (χ4n) is 4.64. The van der Waals surface area contributed by atoms with Gasteiger partial charge in [0.2, 0.25) is 0 Å². The summed E-state index contributed by atoms with van der Waals surface area (Å²) < 4.78 is 11.7. The van der Waals surface area contributed by atoms with Crippen LogP contribution in [-0.2, 0) is 6.61 Å². The highest BCUT2D eigenvalue weighted by atomic mass is 16.5. The van der Waals surface area contributed by atoms with Crippen LogP contribution in [0, 0.1) is 19.3 Å². The van der Waals surface area contributed by atoms with E-state index in [0.29, 0.717) is 47.0 Å². The van der Waals surface area contributed by atoms with Crippen LogP contribution in [0.4, 0.5) is 11.5 Å². The van der Waals surface area contributed by atoms with Crippen molar-refractivity contribution in [2.24, 2.45) is 0 Å². The van der Waals surface area contributed by atoms with Crippen molar-refractivity contribution in [3.8, 4) is 11.5 Å². The summed E-state index contributed by atoms with van der Waals surface area (Å²) in [6.07, 6.45) is 4.66. The molecule has 34 heavy (non-hydrogen) atoms. The number of hydrogen-bond acceptors (Lipinski definition) is 9. The number of anilines is 2. The third kappa shape index (κ3) is 4.14. The lowest BCUT2D eigenvalue weighted by Gasteiger charge is -2.48. The molecule has 0 amide bonds. The molecule has 176 valence electrons. The molecule has 3 fully saturated rings. The van der Waals surface area contributed by atoms with Crippen LogP contribution in [0.1, 0.15) is 34.4 Å². The third-order valence-corrected chi connectivity index (χ3v) is 6.61. The van der Waals surface area contributed by atoms with Crippen LogP contribution in [0.25, 0.3) is 0 Å². The Balaban J connectivity index is 1.36. The molecule has 2 bridgehead atoms. The number of benzene rings is 1. The van der Waals surface area contributed by atoms with Gasteiger partial charge in [-0.3, -0.25) is 5.41 Å². The normalized spacial score (nSPS) is 18.9. The van der Waals surface area contributed by atoms with Crippen LogP contribution < -0.4 is 25.4 Å². The topological polar surface area (TPSA) is 122 Å². The van der Waals surface area contributed by atoms with Crippen molar-refractivity contribution in [1.29, 1.82) is 5.41 Å². The van der Waals surface area contributed by atoms with Crippen molar-refractivity contribution in [2.45, 2.75) is 39.0 Å². The Kier molecular flexibility index (Phi) is 5.79. The number of aryl methyl sites for hydroxylation is 2. The van der Waals surface area contributed by atoms with Crippen LogP contribution in [0.5, 0.6) is 11.5 Å². The number of nitrogens with zero attached hydrogens (tertiary/aromatic N) is 4. The number of piperazine rings is 1. The highest BCUT2D eigenvalue weighted by Gasteiger charge is 2.37. The largest absolute Gasteiger partial charge is 0.493 e. The van der Waals surface area contributed by atoms with Crippen LogP contribution >= 0.6 is 0 Å². The molecule has 2 atom stereocenters. The van der Waals surface area contributed by atoms with Gasteiger partial charge < -0.3 is 25.4 Å². The lowest BCUT2D eigenvalue weighted by molar-refractivity contribution is 0.224. The minimum Gasteiger partial charge on any atom is -0.493 e. The molecule has 2 aromatic heterocycles. The van der Waals surface area contributed by atoms with Gasteiger partial charge in [0.25, 0.3) is 0 Å². The smallest absolute Gasteiger partial charge is 0.171 e. The fourth-order valence-corrected chi connectivity index (χ4v) is 4.64. The van der Waals surface area contributed by atoms with Crippen molar-refractivity contribution in [2.75, 3.05) is 30.8 Å². The van der Waals surface area contributed by atoms with Gasteiger partial charge in [0.1, 0.15) is 12.4 Å². The molecule has 9 nitrogen and oxygen atoms in total. The van der Waals surface area contributed by atoms with E-state index in [0.717, 1.165) is 35.7 Å². The zero-order valence-corrected chi connectivity index (χ0v) is 19.6. The molecule has 0 saturated carbocycles. The molecule has 2 unspecified atom stereocenters. The summed E-state index contributed by atoms with van der Waals surface area (Å²) in [4.78, 5) is 6.92. The lowest BCUT2D eigenvalue weighted by Crippen LogP contribution is -2.67. The van der Waals surface area contributed by atoms with Gasteiger partial charge in [-0.2, -0.15) is 10.2 Å². The first-order valence-electron chi connectivity index (χ1n) is 11.4. The van der Waals surface area contributed by atoms with Crippen molar-refractivity contribution in [1.82, 2.24) is 20.5 Å². The molecule has 3 aliphatic rings. The molecule has 1 aromatic carbocycles. The van der Waals surface area contributed by atoms with E-state index in [1.807, 2.05) is 26.0 Å². The number of rotatable bonds is 7. The zero-order chi connectivity index (χ0) is 23.8. The van der Waals surface area contributed by atoms with Gasteiger partial charge in [0.05, 0.1) is 24.7 Å². The van der Waals surface area contributed by atoms with Gasteiger partial charge >= 0.3 is 0 Å². The SMILES string of the molecule is COc1cc(C(=N)c2cc(OCc3c(C)cnnc3C)ccc2N)cnc1N1CC2CC(C1)N2. The summed E-state index contributed by atoms with van der Waals surface area (Å²) in [7, 11) is 1.64. The predicted molar refractivity (Wildman–Crippen MR) is 131 cm³/mol. The minimum absolute atomic E-state index is 0.265. The Bertz CT molecular complexity index is 1210. The van der Waals surface area contributed by atoms with Gasteiger partial charge in [-0.15, -0.1) is 0 Å². The van der Waals surface area contributed by atoms with E-state index in [1.54, 1.807) is 31.6 Å². The Hall–Kier alpha value is -3.72. The average molecular weight is 460 g/mol. The third-order valence-electron chi connectivity index (χ3n) is 6.61. The number of methoxy groups -OCH3 is 1. The monoisotopic (exact) mass is 459 g/mol. The number of nitrogen functional groups attached to an aromatic ring is 1. The molecular formula is C25H29N7O2. The summed E-state index contributed by atoms with van der Waals surface area (Å²) in [5, 5.41) is 20.4. The van der Waals surface area contributed by atoms with E-state index in [2.05, 4.69) is 25.4 Å². The zero-order valence-electron chi connectivity index (χ0n) is 19.6. The fraction of sp³-hybridized carbons (Fsp3) is 0.360. The van der Waals surface area contributed by atoms with E-state index < -0.39 is 0 Å². The number of aromatic nitrogens is 3. The maximum absolute atomic E-state index is 8.83. The van der Waals surface area contributed by atoms with E-state index in [9.17, 15) is 0 Å². The molecule has 9 heteroatoms. The number of nitrogens with one attached hydrogen (secondary N) is 2. The first-order chi connectivity index (χ1) is 16.4. The molecular weight excluding hydrogens is 430 g/mol. The second-order valence-corrected chi connectivity index (χ2v) is 8.96. The molecule has 5 heterocycles. The maximum Gasteiger partial charge on any atom is 0.171 e. The number of piperidine rings is 1. The second kappa shape index (κ2) is 8.90. The molecule has 3 aromatic rings. The molecule has 3 aliphatic heterocycles. The number of pyridine rings is 1. The Morgan fingerprint density at radius 1 is 1.21 bits per heavy atom. The lowest BCUT2D eigenvalue weighted by atomic mass is 9.91. The summed E-state index contributed by atoms with van der Waals surface area (Å²) in [6.45, 7) is 6.08. The standard InChI is InChI=1S/C25H29N7O2/c1-14-9-29-31-15(2)21(14)13-34-19-4-5-22(26)20(8-19)24(27)16-6-23(33-3)25(28-10-16)32-11-17-7-18(12-32)30-17/h4-6,8-10,17-18,27,30H,7,11-13,26H2,1-3H3. The van der Waals surface area contributed by atoms with E-state index in [1.165, 1.54) is 6.42 Å². The summed E-state index contributed by atoms with van der Waals surface area (Å²) in [5.41, 5.74) is 11.1. The quantitative estimate of drug-likeness (QED) is 0.364. The minimum atomic E-state index is 0.265. The Labute approximate surface area is 198 Å². The van der Waals surface area contributed by atoms with Crippen molar-refractivity contribution >= 4 is 17.2 Å². The van der Waals surface area contributed by atoms with Crippen LogP contribution in [0.2, 0.25) is 0 Å².